The van der Waals surface area contributed by atoms with E-state index in [1.165, 1.54) is 32.4 Å². The molecule has 0 radical (unpaired) electrons. The molecule has 0 atom stereocenters. The Kier molecular flexibility index (Phi) is 5.89. The second-order valence-electron chi connectivity index (χ2n) is 4.60. The molecule has 126 valence electrons. The lowest BCUT2D eigenvalue weighted by molar-refractivity contribution is -0.133. The predicted octanol–water partition coefficient (Wildman–Crippen LogP) is 3.59. The topological polar surface area (TPSA) is 76.7 Å². The number of methoxy groups -OCH3 is 2. The van der Waals surface area contributed by atoms with Crippen molar-refractivity contribution in [3.63, 3.8) is 0 Å². The van der Waals surface area contributed by atoms with Crippen molar-refractivity contribution >= 4 is 46.4 Å². The summed E-state index contributed by atoms with van der Waals surface area (Å²) in [4.78, 5) is 24.1. The Labute approximate surface area is 148 Å². The van der Waals surface area contributed by atoms with Gasteiger partial charge in [0, 0.05) is 11.8 Å². The SMILES string of the molecule is COc1ccc(OC)c(NC(=O)C(=O)Nc2ccc(Cl)c(Cl)c2)c1. The first kappa shape index (κ1) is 17.9. The fraction of sp³-hybridized carbons (Fsp3) is 0.125. The largest absolute Gasteiger partial charge is 0.497 e. The van der Waals surface area contributed by atoms with E-state index in [-0.39, 0.29) is 5.02 Å². The number of rotatable bonds is 4. The molecule has 0 aliphatic carbocycles. The van der Waals surface area contributed by atoms with Crippen LogP contribution in [0.25, 0.3) is 0 Å². The van der Waals surface area contributed by atoms with E-state index >= 15 is 0 Å². The highest BCUT2D eigenvalue weighted by molar-refractivity contribution is 6.44. The average molecular weight is 369 g/mol. The summed E-state index contributed by atoms with van der Waals surface area (Å²) in [5, 5.41) is 5.51. The van der Waals surface area contributed by atoms with E-state index < -0.39 is 11.8 Å². The molecule has 0 heterocycles. The summed E-state index contributed by atoms with van der Waals surface area (Å²) in [5.74, 6) is -0.826. The summed E-state index contributed by atoms with van der Waals surface area (Å²) in [6, 6.07) is 9.33. The number of ether oxygens (including phenoxy) is 2. The Balaban J connectivity index is 2.11. The number of carbonyl (C=O) groups is 2. The average Bonchev–Trinajstić information content (AvgIpc) is 2.58. The number of benzene rings is 2. The minimum absolute atomic E-state index is 0.268. The van der Waals surface area contributed by atoms with Gasteiger partial charge >= 0.3 is 11.8 Å². The number of carbonyl (C=O) groups excluding carboxylic acids is 2. The smallest absolute Gasteiger partial charge is 0.314 e. The van der Waals surface area contributed by atoms with Crippen LogP contribution in [-0.2, 0) is 9.59 Å². The summed E-state index contributed by atoms with van der Waals surface area (Å²) >= 11 is 11.7. The Morgan fingerprint density at radius 3 is 2.21 bits per heavy atom. The third kappa shape index (κ3) is 4.31. The lowest BCUT2D eigenvalue weighted by atomic mass is 10.2. The summed E-state index contributed by atoms with van der Waals surface area (Å²) in [7, 11) is 2.94. The van der Waals surface area contributed by atoms with Crippen LogP contribution in [0.5, 0.6) is 11.5 Å². The van der Waals surface area contributed by atoms with Gasteiger partial charge in [-0.05, 0) is 30.3 Å². The zero-order chi connectivity index (χ0) is 17.7. The third-order valence-corrected chi connectivity index (χ3v) is 3.78. The Morgan fingerprint density at radius 2 is 1.58 bits per heavy atom. The molecule has 2 N–H and O–H groups in total. The molecule has 0 saturated heterocycles. The van der Waals surface area contributed by atoms with Gasteiger partial charge in [0.2, 0.25) is 0 Å². The zero-order valence-electron chi connectivity index (χ0n) is 12.9. The highest BCUT2D eigenvalue weighted by atomic mass is 35.5. The predicted molar refractivity (Wildman–Crippen MR) is 93.3 cm³/mol. The Bertz CT molecular complexity index is 781. The van der Waals surface area contributed by atoms with E-state index in [9.17, 15) is 9.59 Å². The van der Waals surface area contributed by atoms with Gasteiger partial charge in [0.1, 0.15) is 11.5 Å². The molecule has 0 unspecified atom stereocenters. The van der Waals surface area contributed by atoms with Crippen molar-refractivity contribution in [2.45, 2.75) is 0 Å². The lowest BCUT2D eigenvalue weighted by Crippen LogP contribution is -2.29. The monoisotopic (exact) mass is 368 g/mol. The Hall–Kier alpha value is -2.44. The van der Waals surface area contributed by atoms with E-state index in [1.807, 2.05) is 0 Å². The molecule has 8 heteroatoms. The Morgan fingerprint density at radius 1 is 0.875 bits per heavy atom. The van der Waals surface area contributed by atoms with Gasteiger partial charge in [-0.25, -0.2) is 0 Å². The van der Waals surface area contributed by atoms with Gasteiger partial charge in [0.15, 0.2) is 0 Å². The van der Waals surface area contributed by atoms with Crippen LogP contribution in [0, 0.1) is 0 Å². The van der Waals surface area contributed by atoms with Crippen molar-refractivity contribution in [3.05, 3.63) is 46.4 Å². The summed E-state index contributed by atoms with van der Waals surface area (Å²) in [6.07, 6.45) is 0. The van der Waals surface area contributed by atoms with Crippen molar-refractivity contribution in [1.29, 1.82) is 0 Å². The fourth-order valence-corrected chi connectivity index (χ4v) is 2.15. The van der Waals surface area contributed by atoms with Crippen LogP contribution < -0.4 is 20.1 Å². The van der Waals surface area contributed by atoms with Crippen molar-refractivity contribution in [2.24, 2.45) is 0 Å². The van der Waals surface area contributed by atoms with Crippen molar-refractivity contribution in [1.82, 2.24) is 0 Å². The summed E-state index contributed by atoms with van der Waals surface area (Å²) < 4.78 is 10.2. The maximum absolute atomic E-state index is 12.1. The van der Waals surface area contributed by atoms with Gasteiger partial charge in [-0.3, -0.25) is 9.59 Å². The molecule has 2 aromatic carbocycles. The molecule has 0 aromatic heterocycles. The minimum Gasteiger partial charge on any atom is -0.497 e. The molecule has 0 aliphatic heterocycles. The molecule has 0 bridgehead atoms. The normalized spacial score (nSPS) is 10.0. The highest BCUT2D eigenvalue weighted by Gasteiger charge is 2.17. The molecule has 24 heavy (non-hydrogen) atoms. The van der Waals surface area contributed by atoms with E-state index in [0.29, 0.717) is 27.9 Å². The van der Waals surface area contributed by atoms with Crippen LogP contribution >= 0.6 is 23.2 Å². The second-order valence-corrected chi connectivity index (χ2v) is 5.42. The van der Waals surface area contributed by atoms with Crippen molar-refractivity contribution in [2.75, 3.05) is 24.9 Å². The maximum Gasteiger partial charge on any atom is 0.314 e. The molecule has 0 fully saturated rings. The molecule has 0 aliphatic rings. The number of hydrogen-bond acceptors (Lipinski definition) is 4. The molecule has 2 rings (SSSR count). The van der Waals surface area contributed by atoms with E-state index in [0.717, 1.165) is 0 Å². The molecular weight excluding hydrogens is 355 g/mol. The summed E-state index contributed by atoms with van der Waals surface area (Å²) in [5.41, 5.74) is 0.660. The second kappa shape index (κ2) is 7.90. The first-order valence-corrected chi connectivity index (χ1v) is 7.49. The van der Waals surface area contributed by atoms with Crippen molar-refractivity contribution < 1.29 is 19.1 Å². The van der Waals surface area contributed by atoms with Crippen LogP contribution in [0.3, 0.4) is 0 Å². The number of anilines is 2. The van der Waals surface area contributed by atoms with Gasteiger partial charge in [-0.2, -0.15) is 0 Å². The van der Waals surface area contributed by atoms with Crippen molar-refractivity contribution in [3.8, 4) is 11.5 Å². The standard InChI is InChI=1S/C16H14Cl2N2O4/c1-23-10-4-6-14(24-2)13(8-10)20-16(22)15(21)19-9-3-5-11(17)12(18)7-9/h3-8H,1-2H3,(H,19,21)(H,20,22). The highest BCUT2D eigenvalue weighted by Crippen LogP contribution is 2.29. The van der Waals surface area contributed by atoms with Gasteiger partial charge in [0.05, 0.1) is 30.0 Å². The van der Waals surface area contributed by atoms with Crippen LogP contribution in [-0.4, -0.2) is 26.0 Å². The van der Waals surface area contributed by atoms with E-state index in [4.69, 9.17) is 32.7 Å². The van der Waals surface area contributed by atoms with E-state index in [2.05, 4.69) is 10.6 Å². The molecule has 2 aromatic rings. The van der Waals surface area contributed by atoms with E-state index in [1.54, 1.807) is 18.2 Å². The number of hydrogen-bond donors (Lipinski definition) is 2. The maximum atomic E-state index is 12.1. The van der Waals surface area contributed by atoms with Gasteiger partial charge in [0.25, 0.3) is 0 Å². The van der Waals surface area contributed by atoms with Gasteiger partial charge in [-0.1, -0.05) is 23.2 Å². The summed E-state index contributed by atoms with van der Waals surface area (Å²) in [6.45, 7) is 0. The minimum atomic E-state index is -0.868. The quantitative estimate of drug-likeness (QED) is 0.808. The first-order valence-electron chi connectivity index (χ1n) is 6.74. The van der Waals surface area contributed by atoms with Crippen LogP contribution in [0.15, 0.2) is 36.4 Å². The van der Waals surface area contributed by atoms with Crippen LogP contribution in [0.2, 0.25) is 10.0 Å². The third-order valence-electron chi connectivity index (χ3n) is 3.04. The number of amides is 2. The van der Waals surface area contributed by atoms with Gasteiger partial charge < -0.3 is 20.1 Å². The van der Waals surface area contributed by atoms with Crippen LogP contribution in [0.1, 0.15) is 0 Å². The molecule has 0 saturated carbocycles. The zero-order valence-corrected chi connectivity index (χ0v) is 14.4. The van der Waals surface area contributed by atoms with Crippen LogP contribution in [0.4, 0.5) is 11.4 Å². The number of halogens is 2. The molecule has 0 spiro atoms. The molecular formula is C16H14Cl2N2O4. The van der Waals surface area contributed by atoms with Gasteiger partial charge in [-0.15, -0.1) is 0 Å². The lowest BCUT2D eigenvalue weighted by Gasteiger charge is -2.12. The molecule has 6 nitrogen and oxygen atoms in total. The first-order chi connectivity index (χ1) is 11.4. The number of nitrogens with one attached hydrogen (secondary N) is 2. The molecule has 2 amide bonds. The fourth-order valence-electron chi connectivity index (χ4n) is 1.85.